The zero-order valence-corrected chi connectivity index (χ0v) is 26.8. The molecule has 1 aliphatic carbocycles. The Labute approximate surface area is 287 Å². The molecule has 1 aliphatic rings. The van der Waals surface area contributed by atoms with Gasteiger partial charge in [0.1, 0.15) is 57.7 Å². The molecule has 1 fully saturated rings. The second-order valence-corrected chi connectivity index (χ2v) is 12.7. The molecule has 236 valence electrons. The molecule has 1 aromatic carbocycles. The van der Waals surface area contributed by atoms with E-state index in [1.54, 1.807) is 11.9 Å². The maximum atomic E-state index is 13.1. The number of likely N-dealkylation sites (N-methyl/N-ethyl adjacent to an activating group) is 1. The molecule has 3 heterocycles. The summed E-state index contributed by atoms with van der Waals surface area (Å²) in [6.07, 6.45) is -5.15. The number of nitrogens with one attached hydrogen (secondary N) is 1. The number of alkyl halides is 3. The molecule has 5 rings (SSSR count). The highest BCUT2D eigenvalue weighted by Crippen LogP contribution is 2.38. The Bertz CT molecular complexity index is 1740. The van der Waals surface area contributed by atoms with Gasteiger partial charge in [-0.05, 0) is 35.1 Å². The first-order valence-corrected chi connectivity index (χ1v) is 15.3. The molecule has 4 aromatic rings. The van der Waals surface area contributed by atoms with Crippen LogP contribution in [0.3, 0.4) is 0 Å². The van der Waals surface area contributed by atoms with Crippen molar-refractivity contribution in [3.05, 3.63) is 46.8 Å². The van der Waals surface area contributed by atoms with Gasteiger partial charge in [0.15, 0.2) is 5.75 Å². The minimum atomic E-state index is -4.36. The first-order valence-electron chi connectivity index (χ1n) is 14.5. The second kappa shape index (κ2) is 13.9. The number of thiophene rings is 1. The third-order valence-corrected chi connectivity index (χ3v) is 8.45. The van der Waals surface area contributed by atoms with E-state index in [2.05, 4.69) is 25.5 Å². The maximum Gasteiger partial charge on any atom is 0.393 e. The lowest BCUT2D eigenvalue weighted by Gasteiger charge is -2.28. The van der Waals surface area contributed by atoms with Crippen molar-refractivity contribution in [1.82, 2.24) is 25.5 Å². The van der Waals surface area contributed by atoms with Gasteiger partial charge in [-0.3, -0.25) is 0 Å². The molecule has 3 aromatic heterocycles. The summed E-state index contributed by atoms with van der Waals surface area (Å²) in [6.45, 7) is 0.486. The van der Waals surface area contributed by atoms with Crippen LogP contribution in [0.25, 0.3) is 21.5 Å². The number of methoxy groups -OCH3 is 1. The molecule has 20 heteroatoms. The molecular formula is C28H25B6F3N6O4S. The second-order valence-electron chi connectivity index (χ2n) is 11.6. The number of hydrogen-bond acceptors (Lipinski definition) is 11. The normalized spacial score (nSPS) is 18.6. The van der Waals surface area contributed by atoms with E-state index < -0.39 is 29.3 Å². The van der Waals surface area contributed by atoms with Crippen LogP contribution in [0, 0.1) is 0 Å². The Morgan fingerprint density at radius 2 is 1.67 bits per heavy atom. The molecular weight excluding hydrogens is 638 g/mol. The van der Waals surface area contributed by atoms with Crippen LogP contribution in [0.2, 0.25) is 0 Å². The summed E-state index contributed by atoms with van der Waals surface area (Å²) in [7, 11) is 36.4. The standard InChI is InChI=1S/C28H25B6F3N6O4S/c1-43(22-17-9-16(11-26(35,36)37)48-24(17)40-25(39-22)45-2)19-7-15(8-20(19)44)38-12-13-3-5-14(6-4-13)18-10-21(46-27(29,30)31)23(42-41-18)47-28(32,33)34/h3-6,9-10,15,19-20,38,44H,7-8,11-12H2,1-2H3/t15-,19+,20-/m1/s1. The van der Waals surface area contributed by atoms with Gasteiger partial charge in [0.05, 0.1) is 36.8 Å². The van der Waals surface area contributed by atoms with Gasteiger partial charge in [0.25, 0.3) is 5.88 Å². The summed E-state index contributed by atoms with van der Waals surface area (Å²) < 4.78 is 55.0. The van der Waals surface area contributed by atoms with Crippen LogP contribution in [0.15, 0.2) is 36.4 Å². The highest BCUT2D eigenvalue weighted by molar-refractivity contribution is 7.18. The minimum absolute atomic E-state index is 0.0318. The highest BCUT2D eigenvalue weighted by Gasteiger charge is 2.37. The van der Waals surface area contributed by atoms with E-state index in [-0.39, 0.29) is 34.6 Å². The average Bonchev–Trinajstić information content (AvgIpc) is 3.55. The van der Waals surface area contributed by atoms with Gasteiger partial charge in [0.2, 0.25) is 0 Å². The van der Waals surface area contributed by atoms with Crippen molar-refractivity contribution < 1.29 is 32.5 Å². The summed E-state index contributed by atoms with van der Waals surface area (Å²) in [5.74, 6) is 0.0250. The van der Waals surface area contributed by atoms with E-state index in [1.165, 1.54) is 19.2 Å². The SMILES string of the molecule is [B]C([B])([B])Oc1cc(-c2ccc(CN[C@H]3C[C@@H](O)[C@@H](N(C)c4nc(OC)nc5sc(CC(F)(F)F)cc45)C3)cc2)nnc1OC([B])([B])[B]. The lowest BCUT2D eigenvalue weighted by atomic mass is 9.52. The molecule has 0 amide bonds. The first-order chi connectivity index (χ1) is 22.4. The van der Waals surface area contributed by atoms with Gasteiger partial charge in [-0.1, -0.05) is 24.3 Å². The van der Waals surface area contributed by atoms with E-state index in [9.17, 15) is 18.3 Å². The summed E-state index contributed by atoms with van der Waals surface area (Å²) in [4.78, 5) is 10.9. The van der Waals surface area contributed by atoms with Crippen LogP contribution in [0.5, 0.6) is 17.6 Å². The smallest absolute Gasteiger partial charge is 0.393 e. The topological polar surface area (TPSA) is 115 Å². The number of fused-ring (bicyclic) bond motifs is 1. The van der Waals surface area contributed by atoms with E-state index in [1.807, 2.05) is 24.3 Å². The third kappa shape index (κ3) is 9.20. The van der Waals surface area contributed by atoms with Crippen molar-refractivity contribution in [3.63, 3.8) is 0 Å². The minimum Gasteiger partial charge on any atom is -0.511 e. The van der Waals surface area contributed by atoms with Gasteiger partial charge in [0, 0.05) is 36.1 Å². The summed E-state index contributed by atoms with van der Waals surface area (Å²) in [5, 5.41) is 18.8. The maximum absolute atomic E-state index is 13.1. The molecule has 0 unspecified atom stereocenters. The Kier molecular flexibility index (Phi) is 10.4. The number of halogens is 3. The number of benzene rings is 1. The van der Waals surface area contributed by atoms with Gasteiger partial charge in [-0.2, -0.15) is 23.1 Å². The Balaban J connectivity index is 1.25. The molecule has 3 atom stereocenters. The largest absolute Gasteiger partial charge is 0.511 e. The predicted molar refractivity (Wildman–Crippen MR) is 180 cm³/mol. The number of hydrogen-bond donors (Lipinski definition) is 2. The van der Waals surface area contributed by atoms with Crippen LogP contribution in [0.4, 0.5) is 19.0 Å². The van der Waals surface area contributed by atoms with Crippen LogP contribution < -0.4 is 24.4 Å². The average molecular weight is 663 g/mol. The number of aliphatic hydroxyl groups excluding tert-OH is 1. The number of nitrogens with zero attached hydrogens (tertiary/aromatic N) is 5. The van der Waals surface area contributed by atoms with Crippen LogP contribution in [-0.2, 0) is 13.0 Å². The highest BCUT2D eigenvalue weighted by atomic mass is 32.1. The van der Waals surface area contributed by atoms with Gasteiger partial charge < -0.3 is 29.5 Å². The molecule has 0 spiro atoms. The van der Waals surface area contributed by atoms with Crippen LogP contribution in [-0.4, -0.2) is 121 Å². The van der Waals surface area contributed by atoms with Crippen molar-refractivity contribution >= 4 is 74.4 Å². The molecule has 0 bridgehead atoms. The van der Waals surface area contributed by atoms with Crippen molar-refractivity contribution in [2.45, 2.75) is 60.8 Å². The van der Waals surface area contributed by atoms with Gasteiger partial charge in [-0.15, -0.1) is 21.5 Å². The van der Waals surface area contributed by atoms with Crippen molar-refractivity contribution in [1.29, 1.82) is 0 Å². The Morgan fingerprint density at radius 1 is 0.979 bits per heavy atom. The fourth-order valence-electron chi connectivity index (χ4n) is 5.38. The fraction of sp³-hybridized carbons (Fsp3) is 0.429. The van der Waals surface area contributed by atoms with E-state index >= 15 is 0 Å². The number of ether oxygens (including phenoxy) is 3. The van der Waals surface area contributed by atoms with Crippen molar-refractivity contribution in [2.24, 2.45) is 0 Å². The molecule has 0 saturated heterocycles. The quantitative estimate of drug-likeness (QED) is 0.216. The predicted octanol–water partition coefficient (Wildman–Crippen LogP) is 1.37. The third-order valence-electron chi connectivity index (χ3n) is 7.42. The molecule has 2 N–H and O–H groups in total. The molecule has 1 saturated carbocycles. The number of anilines is 1. The molecule has 0 aliphatic heterocycles. The zero-order chi connectivity index (χ0) is 35.0. The van der Waals surface area contributed by atoms with Crippen molar-refractivity contribution in [2.75, 3.05) is 19.1 Å². The van der Waals surface area contributed by atoms with Gasteiger partial charge >= 0.3 is 12.2 Å². The van der Waals surface area contributed by atoms with Gasteiger partial charge in [-0.25, -0.2) is 0 Å². The van der Waals surface area contributed by atoms with Crippen LogP contribution >= 0.6 is 11.3 Å². The Morgan fingerprint density at radius 3 is 2.29 bits per heavy atom. The lowest BCUT2D eigenvalue weighted by molar-refractivity contribution is -0.126. The first kappa shape index (κ1) is 35.9. The number of aromatic nitrogens is 4. The zero-order valence-electron chi connectivity index (χ0n) is 25.9. The lowest BCUT2D eigenvalue weighted by Crippen LogP contribution is -2.40. The van der Waals surface area contributed by atoms with E-state index in [0.717, 1.165) is 16.9 Å². The number of aliphatic hydroxyl groups is 1. The van der Waals surface area contributed by atoms with Crippen molar-refractivity contribution in [3.8, 4) is 28.9 Å². The summed E-state index contributed by atoms with van der Waals surface area (Å²) in [6, 6.07) is 9.89. The molecule has 10 nitrogen and oxygen atoms in total. The Hall–Kier alpha value is -3.36. The van der Waals surface area contributed by atoms with Crippen LogP contribution in [0.1, 0.15) is 23.3 Å². The summed E-state index contributed by atoms with van der Waals surface area (Å²) in [5.41, 5.74) is 1.97. The van der Waals surface area contributed by atoms with E-state index in [4.69, 9.17) is 61.3 Å². The monoisotopic (exact) mass is 664 g/mol. The molecule has 12 radical (unpaired) electrons. The van der Waals surface area contributed by atoms with E-state index in [0.29, 0.717) is 46.7 Å². The summed E-state index contributed by atoms with van der Waals surface area (Å²) >= 11 is 0.939. The number of rotatable bonds is 12. The molecule has 48 heavy (non-hydrogen) atoms. The fourth-order valence-corrected chi connectivity index (χ4v) is 6.42.